The average Bonchev–Trinajstić information content (AvgIpc) is 2.76. The van der Waals surface area contributed by atoms with Crippen LogP contribution in [0.25, 0.3) is 0 Å². The highest BCUT2D eigenvalue weighted by Crippen LogP contribution is 2.58. The van der Waals surface area contributed by atoms with Crippen molar-refractivity contribution >= 4 is 5.78 Å². The van der Waals surface area contributed by atoms with Gasteiger partial charge >= 0.3 is 0 Å². The SMILES string of the molecule is CC1=C2C(=O)CC3(C=C2CC1(C)C)CC3. The van der Waals surface area contributed by atoms with Crippen molar-refractivity contribution in [1.29, 1.82) is 0 Å². The molecule has 3 rings (SSSR count). The van der Waals surface area contributed by atoms with Crippen molar-refractivity contribution in [3.05, 3.63) is 22.8 Å². The predicted molar refractivity (Wildman–Crippen MR) is 60.5 cm³/mol. The molecular weight excluding hydrogens is 184 g/mol. The Hall–Kier alpha value is -0.850. The normalized spacial score (nSPS) is 30.6. The number of rotatable bonds is 0. The van der Waals surface area contributed by atoms with E-state index in [0.29, 0.717) is 11.2 Å². The van der Waals surface area contributed by atoms with Gasteiger partial charge in [0.25, 0.3) is 0 Å². The fourth-order valence-electron chi connectivity index (χ4n) is 3.10. The van der Waals surface area contributed by atoms with E-state index in [9.17, 15) is 4.79 Å². The Morgan fingerprint density at radius 3 is 2.47 bits per heavy atom. The summed E-state index contributed by atoms with van der Waals surface area (Å²) >= 11 is 0. The lowest BCUT2D eigenvalue weighted by Crippen LogP contribution is -2.16. The van der Waals surface area contributed by atoms with E-state index < -0.39 is 0 Å². The van der Waals surface area contributed by atoms with Crippen LogP contribution < -0.4 is 0 Å². The van der Waals surface area contributed by atoms with Gasteiger partial charge in [0.2, 0.25) is 0 Å². The first-order chi connectivity index (χ1) is 6.94. The molecule has 0 aromatic carbocycles. The van der Waals surface area contributed by atoms with Gasteiger partial charge in [0.1, 0.15) is 0 Å². The Labute approximate surface area is 91.2 Å². The minimum absolute atomic E-state index is 0.206. The van der Waals surface area contributed by atoms with E-state index in [2.05, 4.69) is 26.8 Å². The van der Waals surface area contributed by atoms with Gasteiger partial charge in [-0.15, -0.1) is 0 Å². The molecule has 3 aliphatic rings. The maximum absolute atomic E-state index is 12.1. The summed E-state index contributed by atoms with van der Waals surface area (Å²) in [5.74, 6) is 0.410. The summed E-state index contributed by atoms with van der Waals surface area (Å²) < 4.78 is 0. The second-order valence-electron chi connectivity index (χ2n) is 6.19. The number of hydrogen-bond acceptors (Lipinski definition) is 1. The number of Topliss-reactive ketones (excluding diaryl/α,β-unsaturated/α-hetero) is 1. The summed E-state index contributed by atoms with van der Waals surface area (Å²) in [5, 5.41) is 0. The van der Waals surface area contributed by atoms with Crippen molar-refractivity contribution < 1.29 is 4.79 Å². The lowest BCUT2D eigenvalue weighted by molar-refractivity contribution is -0.116. The Morgan fingerprint density at radius 2 is 1.87 bits per heavy atom. The zero-order chi connectivity index (χ0) is 10.8. The van der Waals surface area contributed by atoms with Crippen molar-refractivity contribution in [2.45, 2.75) is 46.5 Å². The van der Waals surface area contributed by atoms with E-state index in [1.165, 1.54) is 24.0 Å². The fraction of sp³-hybridized carbons (Fsp3) is 0.643. The zero-order valence-electron chi connectivity index (χ0n) is 9.81. The number of allylic oxidation sites excluding steroid dienone is 4. The van der Waals surface area contributed by atoms with E-state index in [-0.39, 0.29) is 5.41 Å². The highest BCUT2D eigenvalue weighted by Gasteiger charge is 2.49. The molecule has 0 unspecified atom stereocenters. The first kappa shape index (κ1) is 9.38. The third kappa shape index (κ3) is 1.18. The van der Waals surface area contributed by atoms with Crippen molar-refractivity contribution in [2.24, 2.45) is 10.8 Å². The van der Waals surface area contributed by atoms with E-state index in [1.807, 2.05) is 0 Å². The third-order valence-electron chi connectivity index (χ3n) is 4.51. The number of fused-ring (bicyclic) bond motifs is 1. The largest absolute Gasteiger partial charge is 0.294 e. The van der Waals surface area contributed by atoms with Crippen molar-refractivity contribution in [3.63, 3.8) is 0 Å². The highest BCUT2D eigenvalue weighted by atomic mass is 16.1. The standard InChI is InChI=1S/C14H18O/c1-9-12-10(6-13(9,2)3)7-14(4-5-14)8-11(12)15/h7H,4-6,8H2,1-3H3. The van der Waals surface area contributed by atoms with Gasteiger partial charge in [0.15, 0.2) is 5.78 Å². The van der Waals surface area contributed by atoms with E-state index >= 15 is 0 Å². The van der Waals surface area contributed by atoms with Crippen LogP contribution in [0.2, 0.25) is 0 Å². The fourth-order valence-corrected chi connectivity index (χ4v) is 3.10. The summed E-state index contributed by atoms with van der Waals surface area (Å²) in [6.07, 6.45) is 6.73. The van der Waals surface area contributed by atoms with E-state index in [4.69, 9.17) is 0 Å². The first-order valence-electron chi connectivity index (χ1n) is 5.90. The minimum Gasteiger partial charge on any atom is -0.294 e. The topological polar surface area (TPSA) is 17.1 Å². The molecule has 0 N–H and O–H groups in total. The predicted octanol–water partition coefficient (Wildman–Crippen LogP) is 3.41. The molecule has 15 heavy (non-hydrogen) atoms. The maximum Gasteiger partial charge on any atom is 0.163 e. The molecule has 0 amide bonds. The molecule has 0 saturated heterocycles. The summed E-state index contributed by atoms with van der Waals surface area (Å²) in [4.78, 5) is 12.1. The smallest absolute Gasteiger partial charge is 0.163 e. The molecular formula is C14H18O. The minimum atomic E-state index is 0.206. The molecule has 3 aliphatic carbocycles. The second kappa shape index (κ2) is 2.45. The lowest BCUT2D eigenvalue weighted by atomic mass is 9.84. The van der Waals surface area contributed by atoms with Gasteiger partial charge in [-0.3, -0.25) is 4.79 Å². The maximum atomic E-state index is 12.1. The van der Waals surface area contributed by atoms with Crippen LogP contribution in [0.4, 0.5) is 0 Å². The monoisotopic (exact) mass is 202 g/mol. The van der Waals surface area contributed by atoms with Crippen LogP contribution in [-0.2, 0) is 4.79 Å². The molecule has 1 spiro atoms. The van der Waals surface area contributed by atoms with Gasteiger partial charge in [-0.1, -0.05) is 25.5 Å². The summed E-state index contributed by atoms with van der Waals surface area (Å²) in [7, 11) is 0. The summed E-state index contributed by atoms with van der Waals surface area (Å²) in [6.45, 7) is 6.64. The third-order valence-corrected chi connectivity index (χ3v) is 4.51. The zero-order valence-corrected chi connectivity index (χ0v) is 9.81. The van der Waals surface area contributed by atoms with Gasteiger partial charge in [0, 0.05) is 12.0 Å². The van der Waals surface area contributed by atoms with Gasteiger partial charge in [-0.05, 0) is 42.6 Å². The van der Waals surface area contributed by atoms with Crippen LogP contribution in [0, 0.1) is 10.8 Å². The van der Waals surface area contributed by atoms with Gasteiger partial charge in [-0.2, -0.15) is 0 Å². The Bertz CT molecular complexity index is 417. The quantitative estimate of drug-likeness (QED) is 0.588. The number of ketones is 1. The Morgan fingerprint density at radius 1 is 1.20 bits per heavy atom. The number of hydrogen-bond donors (Lipinski definition) is 0. The molecule has 1 heteroatoms. The Balaban J connectivity index is 2.14. The molecule has 0 radical (unpaired) electrons. The van der Waals surface area contributed by atoms with Crippen LogP contribution in [0.5, 0.6) is 0 Å². The van der Waals surface area contributed by atoms with Crippen molar-refractivity contribution in [2.75, 3.05) is 0 Å². The Kier molecular flexibility index (Phi) is 1.53. The van der Waals surface area contributed by atoms with Gasteiger partial charge in [-0.25, -0.2) is 0 Å². The van der Waals surface area contributed by atoms with Crippen LogP contribution in [0.3, 0.4) is 0 Å². The van der Waals surface area contributed by atoms with Crippen LogP contribution >= 0.6 is 0 Å². The van der Waals surface area contributed by atoms with E-state index in [0.717, 1.165) is 18.4 Å². The molecule has 0 aliphatic heterocycles. The molecule has 1 saturated carbocycles. The molecule has 0 aromatic rings. The van der Waals surface area contributed by atoms with Crippen LogP contribution in [0.1, 0.15) is 46.5 Å². The van der Waals surface area contributed by atoms with Gasteiger partial charge < -0.3 is 0 Å². The molecule has 80 valence electrons. The van der Waals surface area contributed by atoms with Gasteiger partial charge in [0.05, 0.1) is 0 Å². The molecule has 1 nitrogen and oxygen atoms in total. The van der Waals surface area contributed by atoms with Crippen LogP contribution in [-0.4, -0.2) is 5.78 Å². The summed E-state index contributed by atoms with van der Waals surface area (Å²) in [5.41, 5.74) is 4.26. The molecule has 0 bridgehead atoms. The summed E-state index contributed by atoms with van der Waals surface area (Å²) in [6, 6.07) is 0. The first-order valence-corrected chi connectivity index (χ1v) is 5.90. The molecule has 0 heterocycles. The highest BCUT2D eigenvalue weighted by molar-refractivity contribution is 6.03. The lowest BCUT2D eigenvalue weighted by Gasteiger charge is -2.19. The molecule has 0 atom stereocenters. The average molecular weight is 202 g/mol. The van der Waals surface area contributed by atoms with E-state index in [1.54, 1.807) is 0 Å². The van der Waals surface area contributed by atoms with Crippen molar-refractivity contribution in [1.82, 2.24) is 0 Å². The number of carbonyl (C=O) groups excluding carboxylic acids is 1. The molecule has 0 aromatic heterocycles. The second-order valence-corrected chi connectivity index (χ2v) is 6.19. The van der Waals surface area contributed by atoms with Crippen molar-refractivity contribution in [3.8, 4) is 0 Å². The molecule has 1 fully saturated rings. The van der Waals surface area contributed by atoms with Crippen LogP contribution in [0.15, 0.2) is 22.8 Å². The number of carbonyl (C=O) groups is 1.